The van der Waals surface area contributed by atoms with Gasteiger partial charge in [-0.15, -0.1) is 0 Å². The van der Waals surface area contributed by atoms with Crippen LogP contribution in [0.1, 0.15) is 64.2 Å². The van der Waals surface area contributed by atoms with Crippen molar-refractivity contribution in [3.05, 3.63) is 0 Å². The summed E-state index contributed by atoms with van der Waals surface area (Å²) in [5.41, 5.74) is 0. The van der Waals surface area contributed by atoms with Crippen molar-refractivity contribution in [1.82, 2.24) is 5.32 Å². The Labute approximate surface area is 132 Å². The summed E-state index contributed by atoms with van der Waals surface area (Å²) in [5, 5.41) is 2.75. The summed E-state index contributed by atoms with van der Waals surface area (Å²) in [6, 6.07) is 0. The molecule has 0 saturated carbocycles. The Balaban J connectivity index is 0. The highest BCUT2D eigenvalue weighted by Crippen LogP contribution is 2.23. The topological polar surface area (TPSA) is 66.4 Å². The van der Waals surface area contributed by atoms with Gasteiger partial charge in [0.05, 0.1) is 5.75 Å². The lowest BCUT2D eigenvalue weighted by atomic mass is 10.1. The van der Waals surface area contributed by atoms with Gasteiger partial charge >= 0.3 is 6.18 Å². The molecule has 8 heteroatoms. The zero-order valence-corrected chi connectivity index (χ0v) is 14.4. The van der Waals surface area contributed by atoms with E-state index in [9.17, 15) is 21.6 Å². The van der Waals surface area contributed by atoms with Crippen molar-refractivity contribution in [1.29, 1.82) is 0 Å². The van der Waals surface area contributed by atoms with Crippen LogP contribution in [0.3, 0.4) is 0 Å². The van der Waals surface area contributed by atoms with E-state index < -0.39 is 22.7 Å². The van der Waals surface area contributed by atoms with E-state index in [1.54, 1.807) is 0 Å². The van der Waals surface area contributed by atoms with E-state index in [4.69, 9.17) is 4.55 Å². The van der Waals surface area contributed by atoms with Crippen LogP contribution in [0.5, 0.6) is 0 Å². The molecule has 0 aromatic carbocycles. The molecule has 136 valence electrons. The minimum atomic E-state index is -4.03. The molecule has 0 aliphatic heterocycles. The lowest BCUT2D eigenvalue weighted by Crippen LogP contribution is -2.06. The highest BCUT2D eigenvalue weighted by molar-refractivity contribution is 7.85. The number of alkyl halides is 3. The molecule has 4 nitrogen and oxygen atoms in total. The maximum atomic E-state index is 11.8. The van der Waals surface area contributed by atoms with Gasteiger partial charge in [-0.05, 0) is 26.9 Å². The Morgan fingerprint density at radius 3 is 1.45 bits per heavy atom. The molecule has 0 amide bonds. The summed E-state index contributed by atoms with van der Waals surface area (Å²) in [6.45, 7) is 0. The van der Waals surface area contributed by atoms with E-state index in [0.29, 0.717) is 12.8 Å². The van der Waals surface area contributed by atoms with Crippen molar-refractivity contribution in [2.45, 2.75) is 70.4 Å². The van der Waals surface area contributed by atoms with Gasteiger partial charge in [0.2, 0.25) is 0 Å². The van der Waals surface area contributed by atoms with Gasteiger partial charge in [-0.2, -0.15) is 21.6 Å². The van der Waals surface area contributed by atoms with Gasteiger partial charge in [0.25, 0.3) is 10.1 Å². The number of rotatable bonds is 11. The lowest BCUT2D eigenvalue weighted by Gasteiger charge is -2.05. The van der Waals surface area contributed by atoms with Crippen molar-refractivity contribution in [2.24, 2.45) is 0 Å². The number of hydrogen-bond donors (Lipinski definition) is 2. The second-order valence-corrected chi connectivity index (χ2v) is 6.91. The molecule has 0 aromatic rings. The first-order valence-corrected chi connectivity index (χ1v) is 9.33. The van der Waals surface area contributed by atoms with Crippen LogP contribution in [0.15, 0.2) is 0 Å². The Morgan fingerprint density at radius 2 is 1.14 bits per heavy atom. The molecule has 0 heterocycles. The molecule has 0 fully saturated rings. The molecule has 0 aromatic heterocycles. The van der Waals surface area contributed by atoms with Gasteiger partial charge in [0, 0.05) is 6.42 Å². The third kappa shape index (κ3) is 27.9. The van der Waals surface area contributed by atoms with Crippen molar-refractivity contribution in [3.63, 3.8) is 0 Å². The molecule has 0 radical (unpaired) electrons. The number of hydrogen-bond acceptors (Lipinski definition) is 3. The zero-order chi connectivity index (χ0) is 17.5. The first-order chi connectivity index (χ1) is 10.1. The molecule has 0 atom stereocenters. The second kappa shape index (κ2) is 14.3. The Hall–Kier alpha value is -0.340. The van der Waals surface area contributed by atoms with Crippen LogP contribution in [-0.4, -0.2) is 39.0 Å². The van der Waals surface area contributed by atoms with Gasteiger partial charge in [-0.25, -0.2) is 0 Å². The fourth-order valence-corrected chi connectivity index (χ4v) is 2.42. The average molecular weight is 349 g/mol. The van der Waals surface area contributed by atoms with Crippen molar-refractivity contribution >= 4 is 10.1 Å². The highest BCUT2D eigenvalue weighted by atomic mass is 32.2. The van der Waals surface area contributed by atoms with E-state index in [-0.39, 0.29) is 12.2 Å². The molecule has 0 unspecified atom stereocenters. The van der Waals surface area contributed by atoms with Crippen molar-refractivity contribution < 1.29 is 26.1 Å². The molecule has 0 spiro atoms. The number of unbranched alkanes of at least 4 members (excludes halogenated alkanes) is 8. The van der Waals surface area contributed by atoms with Crippen LogP contribution in [0, 0.1) is 0 Å². The Morgan fingerprint density at radius 1 is 0.818 bits per heavy atom. The first-order valence-electron chi connectivity index (χ1n) is 7.73. The maximum Gasteiger partial charge on any atom is 0.389 e. The summed E-state index contributed by atoms with van der Waals surface area (Å²) in [6.07, 6.45) is 1.89. The quantitative estimate of drug-likeness (QED) is 0.434. The standard InChI is InChI=1S/C12H23F3O3S.C2H7N/c13-12(14,15)10-8-6-4-2-1-3-5-7-9-11-19(16,17)18;1-3-2/h1-11H2,(H,16,17,18);3H,1-2H3. The molecule has 2 N–H and O–H groups in total. The van der Waals surface area contributed by atoms with Gasteiger partial charge in [-0.1, -0.05) is 44.9 Å². The first kappa shape index (κ1) is 23.9. The molecular weight excluding hydrogens is 319 g/mol. The predicted molar refractivity (Wildman–Crippen MR) is 83.6 cm³/mol. The highest BCUT2D eigenvalue weighted by Gasteiger charge is 2.25. The zero-order valence-electron chi connectivity index (χ0n) is 13.6. The fourth-order valence-electron chi connectivity index (χ4n) is 1.85. The van der Waals surface area contributed by atoms with Gasteiger partial charge in [0.1, 0.15) is 0 Å². The summed E-state index contributed by atoms with van der Waals surface area (Å²) in [5.74, 6) is -0.190. The van der Waals surface area contributed by atoms with Crippen LogP contribution in [0.25, 0.3) is 0 Å². The molecule has 0 aliphatic rings. The van der Waals surface area contributed by atoms with Crippen LogP contribution in [-0.2, 0) is 10.1 Å². The van der Waals surface area contributed by atoms with E-state index in [0.717, 1.165) is 38.5 Å². The summed E-state index contributed by atoms with van der Waals surface area (Å²) >= 11 is 0. The SMILES string of the molecule is CNC.O=S(=O)(O)CCCCCCCCCCCC(F)(F)F. The van der Waals surface area contributed by atoms with E-state index >= 15 is 0 Å². The fraction of sp³-hybridized carbons (Fsp3) is 1.00. The molecule has 0 aliphatic carbocycles. The van der Waals surface area contributed by atoms with Crippen molar-refractivity contribution in [3.8, 4) is 0 Å². The maximum absolute atomic E-state index is 11.8. The van der Waals surface area contributed by atoms with E-state index in [2.05, 4.69) is 5.32 Å². The minimum Gasteiger partial charge on any atom is -0.323 e. The minimum absolute atomic E-state index is 0.190. The predicted octanol–water partition coefficient (Wildman–Crippen LogP) is 4.17. The van der Waals surface area contributed by atoms with Crippen LogP contribution in [0.2, 0.25) is 0 Å². The lowest BCUT2D eigenvalue weighted by molar-refractivity contribution is -0.135. The van der Waals surface area contributed by atoms with Gasteiger partial charge in [-0.3, -0.25) is 4.55 Å². The molecule has 0 rings (SSSR count). The number of nitrogens with one attached hydrogen (secondary N) is 1. The third-order valence-electron chi connectivity index (χ3n) is 2.86. The normalized spacial score (nSPS) is 11.9. The molecular formula is C14H30F3NO3S. The largest absolute Gasteiger partial charge is 0.389 e. The van der Waals surface area contributed by atoms with Crippen LogP contribution >= 0.6 is 0 Å². The monoisotopic (exact) mass is 349 g/mol. The Kier molecular flexibility index (Phi) is 15.5. The molecule has 0 bridgehead atoms. The van der Waals surface area contributed by atoms with Crippen LogP contribution < -0.4 is 5.32 Å². The van der Waals surface area contributed by atoms with Crippen LogP contribution in [0.4, 0.5) is 13.2 Å². The molecule has 0 saturated heterocycles. The molecule has 22 heavy (non-hydrogen) atoms. The van der Waals surface area contributed by atoms with Crippen molar-refractivity contribution in [2.75, 3.05) is 19.8 Å². The summed E-state index contributed by atoms with van der Waals surface area (Å²) < 4.78 is 64.8. The van der Waals surface area contributed by atoms with Gasteiger partial charge in [0.15, 0.2) is 0 Å². The van der Waals surface area contributed by atoms with E-state index in [1.165, 1.54) is 0 Å². The second-order valence-electron chi connectivity index (χ2n) is 5.33. The van der Waals surface area contributed by atoms with E-state index in [1.807, 2.05) is 14.1 Å². The van der Waals surface area contributed by atoms with Gasteiger partial charge < -0.3 is 5.32 Å². The third-order valence-corrected chi connectivity index (χ3v) is 3.67. The Bertz CT molecular complexity index is 333. The summed E-state index contributed by atoms with van der Waals surface area (Å²) in [7, 11) is -0.0858. The number of halogens is 3. The summed E-state index contributed by atoms with van der Waals surface area (Å²) in [4.78, 5) is 0. The average Bonchev–Trinajstić information content (AvgIpc) is 2.34. The smallest absolute Gasteiger partial charge is 0.323 e.